The molecule has 0 radical (unpaired) electrons. The molecule has 0 aromatic carbocycles. The second kappa shape index (κ2) is 7.48. The molecule has 1 saturated heterocycles. The molecule has 0 aliphatic carbocycles. The predicted octanol–water partition coefficient (Wildman–Crippen LogP) is 2.98. The van der Waals surface area contributed by atoms with E-state index in [1.165, 1.54) is 0 Å². The number of piperidine rings is 1. The zero-order chi connectivity index (χ0) is 16.9. The van der Waals surface area contributed by atoms with Gasteiger partial charge in [-0.1, -0.05) is 0 Å². The van der Waals surface area contributed by atoms with E-state index in [1.54, 1.807) is 11.2 Å². The lowest BCUT2D eigenvalue weighted by Gasteiger charge is -2.32. The Hall–Kier alpha value is -2.05. The molecule has 1 aliphatic heterocycles. The van der Waals surface area contributed by atoms with Crippen molar-refractivity contribution in [3.05, 3.63) is 29.7 Å². The molecule has 7 heteroatoms. The highest BCUT2D eigenvalue weighted by Gasteiger charge is 2.28. The highest BCUT2D eigenvalue weighted by Crippen LogP contribution is 2.21. The third kappa shape index (κ3) is 4.71. The number of hydrogen-bond acceptors (Lipinski definition) is 5. The van der Waals surface area contributed by atoms with Gasteiger partial charge in [-0.15, -0.1) is 5.01 Å². The summed E-state index contributed by atoms with van der Waals surface area (Å²) in [6.07, 6.45) is 5.31. The first-order valence-corrected chi connectivity index (χ1v) is 8.18. The number of hydrogen-bond donors (Lipinski definition) is 0. The molecule has 1 aromatic heterocycles. The maximum Gasteiger partial charge on any atom is 0.233 e. The summed E-state index contributed by atoms with van der Waals surface area (Å²) in [5, 5.41) is 17.5. The maximum absolute atomic E-state index is 12.1. The number of hydrazine groups is 1. The molecule has 0 bridgehead atoms. The van der Waals surface area contributed by atoms with Crippen LogP contribution in [0.15, 0.2) is 29.8 Å². The smallest absolute Gasteiger partial charge is 0.233 e. The summed E-state index contributed by atoms with van der Waals surface area (Å²) in [6, 6.07) is 3.99. The van der Waals surface area contributed by atoms with Crippen molar-refractivity contribution in [2.75, 3.05) is 24.5 Å². The van der Waals surface area contributed by atoms with Crippen LogP contribution >= 0.6 is 0 Å². The second-order valence-corrected chi connectivity index (χ2v) is 6.72. The molecule has 2 heterocycles. The Labute approximate surface area is 138 Å². The molecule has 23 heavy (non-hydrogen) atoms. The average molecular weight is 321 g/mol. The van der Waals surface area contributed by atoms with E-state index in [-0.39, 0.29) is 11.6 Å². The van der Waals surface area contributed by atoms with Crippen LogP contribution in [0.1, 0.15) is 40.5 Å². The van der Waals surface area contributed by atoms with E-state index in [4.69, 9.17) is 4.84 Å². The third-order valence-corrected chi connectivity index (χ3v) is 4.00. The molecule has 0 saturated carbocycles. The van der Waals surface area contributed by atoms with Crippen molar-refractivity contribution >= 4 is 5.69 Å². The van der Waals surface area contributed by atoms with Gasteiger partial charge < -0.3 is 14.9 Å². The molecule has 0 spiro atoms. The van der Waals surface area contributed by atoms with Crippen molar-refractivity contribution < 1.29 is 9.81 Å². The molecule has 2 rings (SSSR count). The van der Waals surface area contributed by atoms with Gasteiger partial charge in [0.25, 0.3) is 0 Å². The van der Waals surface area contributed by atoms with E-state index in [9.17, 15) is 5.21 Å². The van der Waals surface area contributed by atoms with Crippen LogP contribution in [0.25, 0.3) is 0 Å². The molecule has 0 unspecified atom stereocenters. The van der Waals surface area contributed by atoms with E-state index in [0.717, 1.165) is 31.6 Å². The fourth-order valence-corrected chi connectivity index (χ4v) is 2.76. The molecule has 7 nitrogen and oxygen atoms in total. The minimum Gasteiger partial charge on any atom is -0.569 e. The van der Waals surface area contributed by atoms with Crippen molar-refractivity contribution in [2.24, 2.45) is 5.28 Å². The lowest BCUT2D eigenvalue weighted by Crippen LogP contribution is -2.45. The van der Waals surface area contributed by atoms with Gasteiger partial charge in [-0.2, -0.15) is 0 Å². The van der Waals surface area contributed by atoms with E-state index in [2.05, 4.69) is 21.2 Å². The number of nitrogens with zero attached hydrogens (tertiary/aromatic N) is 5. The van der Waals surface area contributed by atoms with Gasteiger partial charge in [0, 0.05) is 32.1 Å². The zero-order valence-corrected chi connectivity index (χ0v) is 14.5. The monoisotopic (exact) mass is 321 g/mol. The van der Waals surface area contributed by atoms with Gasteiger partial charge in [-0.25, -0.2) is 0 Å². The Morgan fingerprint density at radius 3 is 2.65 bits per heavy atom. The van der Waals surface area contributed by atoms with Crippen LogP contribution in [0.2, 0.25) is 0 Å². The molecular formula is C16H27N5O2. The Morgan fingerprint density at radius 1 is 1.43 bits per heavy atom. The molecule has 0 atom stereocenters. The molecule has 0 N–H and O–H groups in total. The predicted molar refractivity (Wildman–Crippen MR) is 88.7 cm³/mol. The first-order valence-electron chi connectivity index (χ1n) is 8.18. The Bertz CT molecular complexity index is 507. The number of aromatic nitrogens is 1. The van der Waals surface area contributed by atoms with Crippen molar-refractivity contribution in [3.8, 4) is 0 Å². The quantitative estimate of drug-likeness (QED) is 0.474. The number of pyridine rings is 1. The number of rotatable bonds is 5. The largest absolute Gasteiger partial charge is 0.569 e. The third-order valence-electron chi connectivity index (χ3n) is 4.00. The summed E-state index contributed by atoms with van der Waals surface area (Å²) in [5.74, 6) is 0. The van der Waals surface area contributed by atoms with Crippen molar-refractivity contribution in [1.29, 1.82) is 0 Å². The molecule has 1 aliphatic rings. The minimum atomic E-state index is -0.285. The van der Waals surface area contributed by atoms with Gasteiger partial charge in [0.05, 0.1) is 28.9 Å². The van der Waals surface area contributed by atoms with E-state index < -0.39 is 0 Å². The highest BCUT2D eigenvalue weighted by atomic mass is 16.7. The van der Waals surface area contributed by atoms with Crippen LogP contribution in [0.5, 0.6) is 0 Å². The zero-order valence-electron chi connectivity index (χ0n) is 14.5. The fraction of sp³-hybridized carbons (Fsp3) is 0.688. The minimum absolute atomic E-state index is 0.0157. The van der Waals surface area contributed by atoms with Crippen LogP contribution < -0.4 is 4.90 Å². The van der Waals surface area contributed by atoms with Gasteiger partial charge in [-0.3, -0.25) is 4.98 Å². The SMILES string of the molecule is CCN(/[N+]([O-])=N\OC1CCN(c2cccnc2)CC1)C(C)(C)C. The van der Waals surface area contributed by atoms with Crippen molar-refractivity contribution in [3.63, 3.8) is 0 Å². The average Bonchev–Trinajstić information content (AvgIpc) is 2.53. The lowest BCUT2D eigenvalue weighted by atomic mass is 10.1. The Morgan fingerprint density at radius 2 is 2.13 bits per heavy atom. The topological polar surface area (TPSA) is 67.0 Å². The standard InChI is InChI=1S/C16H27N5O2/c1-5-20(16(2,3)4)21(22)18-23-15-8-11-19(12-9-15)14-7-6-10-17-13-14/h6-7,10,13,15H,5,8-9,11-12H2,1-4H3/b21-18+. The highest BCUT2D eigenvalue weighted by molar-refractivity contribution is 5.43. The maximum atomic E-state index is 12.1. The molecular weight excluding hydrogens is 294 g/mol. The van der Waals surface area contributed by atoms with Crippen molar-refractivity contribution in [1.82, 2.24) is 9.99 Å². The summed E-state index contributed by atoms with van der Waals surface area (Å²) in [7, 11) is 0. The van der Waals surface area contributed by atoms with Gasteiger partial charge in [-0.05, 0) is 39.8 Å². The van der Waals surface area contributed by atoms with E-state index in [0.29, 0.717) is 11.5 Å². The molecule has 1 aromatic rings. The van der Waals surface area contributed by atoms with Crippen LogP contribution in [-0.4, -0.2) is 46.2 Å². The molecule has 0 amide bonds. The summed E-state index contributed by atoms with van der Waals surface area (Å²) in [4.78, 5) is 12.5. The number of anilines is 1. The van der Waals surface area contributed by atoms with Gasteiger partial charge in [0.1, 0.15) is 6.10 Å². The summed E-state index contributed by atoms with van der Waals surface area (Å²) in [6.45, 7) is 10.2. The van der Waals surface area contributed by atoms with Crippen LogP contribution in [0, 0.1) is 5.21 Å². The van der Waals surface area contributed by atoms with Crippen LogP contribution in [0.3, 0.4) is 0 Å². The summed E-state index contributed by atoms with van der Waals surface area (Å²) in [5.41, 5.74) is 0.839. The van der Waals surface area contributed by atoms with Crippen LogP contribution in [-0.2, 0) is 4.84 Å². The van der Waals surface area contributed by atoms with Gasteiger partial charge >= 0.3 is 0 Å². The lowest BCUT2D eigenvalue weighted by molar-refractivity contribution is -0.725. The summed E-state index contributed by atoms with van der Waals surface area (Å²) < 4.78 is 0. The first kappa shape index (κ1) is 17.3. The second-order valence-electron chi connectivity index (χ2n) is 6.72. The Balaban J connectivity index is 1.85. The summed E-state index contributed by atoms with van der Waals surface area (Å²) >= 11 is 0. The van der Waals surface area contributed by atoms with Crippen LogP contribution in [0.4, 0.5) is 5.69 Å². The fourth-order valence-electron chi connectivity index (χ4n) is 2.76. The van der Waals surface area contributed by atoms with Gasteiger partial charge in [0.15, 0.2) is 0 Å². The van der Waals surface area contributed by atoms with E-state index >= 15 is 0 Å². The van der Waals surface area contributed by atoms with E-state index in [1.807, 2.05) is 40.0 Å². The normalized spacial score (nSPS) is 17.2. The molecule has 1 fully saturated rings. The molecule has 128 valence electrons. The first-order chi connectivity index (χ1) is 10.9. The van der Waals surface area contributed by atoms with Crippen molar-refractivity contribution in [2.45, 2.75) is 52.2 Å². The Kier molecular flexibility index (Phi) is 5.63. The van der Waals surface area contributed by atoms with Gasteiger partial charge in [0.2, 0.25) is 5.28 Å².